The molecule has 1 aromatic carbocycles. The fourth-order valence-corrected chi connectivity index (χ4v) is 2.26. The zero-order valence-corrected chi connectivity index (χ0v) is 12.4. The molecule has 0 radical (unpaired) electrons. The van der Waals surface area contributed by atoms with Gasteiger partial charge in [0.1, 0.15) is 17.2 Å². The van der Waals surface area contributed by atoms with Crippen LogP contribution in [0.25, 0.3) is 0 Å². The van der Waals surface area contributed by atoms with Gasteiger partial charge in [0.15, 0.2) is 0 Å². The molecule has 1 aliphatic carbocycles. The normalized spacial score (nSPS) is 13.4. The fourth-order valence-electron chi connectivity index (χ4n) is 2.26. The van der Waals surface area contributed by atoms with Gasteiger partial charge in [-0.25, -0.2) is 8.78 Å². The smallest absolute Gasteiger partial charge is 0.260 e. The first-order valence-electron chi connectivity index (χ1n) is 6.81. The number of rotatable bonds is 4. The zero-order chi connectivity index (χ0) is 14.8. The van der Waals surface area contributed by atoms with E-state index in [4.69, 9.17) is 0 Å². The molecule has 2 aromatic rings. The molecule has 1 saturated carbocycles. The van der Waals surface area contributed by atoms with Crippen molar-refractivity contribution in [1.82, 2.24) is 9.88 Å². The Balaban J connectivity index is 0.00000176. The summed E-state index contributed by atoms with van der Waals surface area (Å²) in [6.45, 7) is 0.262. The van der Waals surface area contributed by atoms with Crippen molar-refractivity contribution in [2.75, 3.05) is 0 Å². The van der Waals surface area contributed by atoms with Gasteiger partial charge >= 0.3 is 0 Å². The minimum absolute atomic E-state index is 0. The molecule has 3 nitrogen and oxygen atoms in total. The Bertz CT molecular complexity index is 642. The van der Waals surface area contributed by atoms with Gasteiger partial charge < -0.3 is 17.3 Å². The van der Waals surface area contributed by atoms with Crippen LogP contribution >= 0.6 is 0 Å². The molecule has 3 rings (SSSR count). The van der Waals surface area contributed by atoms with Gasteiger partial charge in [-0.15, -0.1) is 0 Å². The minimum atomic E-state index is -0.827. The lowest BCUT2D eigenvalue weighted by Crippen LogP contribution is -3.00. The van der Waals surface area contributed by atoms with Gasteiger partial charge in [0.05, 0.1) is 12.2 Å². The fraction of sp³-hybridized carbons (Fsp3) is 0.250. The lowest BCUT2D eigenvalue weighted by molar-refractivity contribution is -0.0000166. The lowest BCUT2D eigenvalue weighted by Gasteiger charge is -2.22. The molecule has 1 fully saturated rings. The first-order valence-corrected chi connectivity index (χ1v) is 6.81. The molecule has 1 amide bonds. The minimum Gasteiger partial charge on any atom is -1.00 e. The summed E-state index contributed by atoms with van der Waals surface area (Å²) in [7, 11) is 0. The predicted octanol–water partition coefficient (Wildman–Crippen LogP) is 0.169. The van der Waals surface area contributed by atoms with Gasteiger partial charge in [-0.1, -0.05) is 12.1 Å². The third kappa shape index (κ3) is 3.42. The van der Waals surface area contributed by atoms with E-state index in [1.54, 1.807) is 18.3 Å². The Labute approximate surface area is 133 Å². The summed E-state index contributed by atoms with van der Waals surface area (Å²) in [6, 6.07) is 8.88. The maximum absolute atomic E-state index is 13.8. The largest absolute Gasteiger partial charge is 1.00 e. The lowest BCUT2D eigenvalue weighted by atomic mass is 10.1. The number of benzene rings is 1. The molecule has 22 heavy (non-hydrogen) atoms. The molecule has 0 N–H and O–H groups in total. The van der Waals surface area contributed by atoms with E-state index in [1.807, 2.05) is 6.07 Å². The Morgan fingerprint density at radius 3 is 2.36 bits per heavy atom. The molecule has 1 aromatic heterocycles. The second kappa shape index (κ2) is 6.83. The highest BCUT2D eigenvalue weighted by atomic mass is 35.5. The average molecular weight is 324 g/mol. The van der Waals surface area contributed by atoms with Gasteiger partial charge in [0, 0.05) is 12.2 Å². The summed E-state index contributed by atoms with van der Waals surface area (Å²) in [6.07, 6.45) is 3.35. The third-order valence-electron chi connectivity index (χ3n) is 3.48. The molecule has 116 valence electrons. The maximum atomic E-state index is 13.8. The number of amides is 1. The Morgan fingerprint density at radius 1 is 1.14 bits per heavy atom. The Hall–Kier alpha value is -2.01. The Morgan fingerprint density at radius 2 is 1.82 bits per heavy atom. The molecule has 0 atom stereocenters. The second-order valence-corrected chi connectivity index (χ2v) is 5.08. The zero-order valence-electron chi connectivity index (χ0n) is 11.7. The van der Waals surface area contributed by atoms with Gasteiger partial charge in [-0.3, -0.25) is 9.78 Å². The van der Waals surface area contributed by atoms with Gasteiger partial charge in [0.2, 0.25) is 0 Å². The van der Waals surface area contributed by atoms with E-state index in [9.17, 15) is 13.6 Å². The molecule has 1 aliphatic rings. The van der Waals surface area contributed by atoms with Crippen molar-refractivity contribution in [3.63, 3.8) is 0 Å². The number of halogens is 3. The van der Waals surface area contributed by atoms with E-state index in [2.05, 4.69) is 4.98 Å². The third-order valence-corrected chi connectivity index (χ3v) is 3.48. The number of carbonyl (C=O) groups excluding carboxylic acids is 1. The van der Waals surface area contributed by atoms with Crippen LogP contribution in [0.5, 0.6) is 0 Å². The summed E-state index contributed by atoms with van der Waals surface area (Å²) in [5, 5.41) is 0. The first-order chi connectivity index (χ1) is 10.2. The molecule has 0 unspecified atom stereocenters. The molecule has 6 heteroatoms. The molecule has 0 spiro atoms. The maximum Gasteiger partial charge on any atom is 0.260 e. The summed E-state index contributed by atoms with van der Waals surface area (Å²) < 4.78 is 27.6. The van der Waals surface area contributed by atoms with Crippen LogP contribution in [0.4, 0.5) is 8.78 Å². The van der Waals surface area contributed by atoms with Crippen molar-refractivity contribution in [3.8, 4) is 0 Å². The van der Waals surface area contributed by atoms with E-state index in [0.29, 0.717) is 5.69 Å². The van der Waals surface area contributed by atoms with E-state index in [1.165, 1.54) is 11.0 Å². The predicted molar refractivity (Wildman–Crippen MR) is 73.5 cm³/mol. The monoisotopic (exact) mass is 323 g/mol. The van der Waals surface area contributed by atoms with E-state index >= 15 is 0 Å². The number of hydrogen-bond acceptors (Lipinski definition) is 2. The van der Waals surface area contributed by atoms with Crippen molar-refractivity contribution >= 4 is 5.91 Å². The number of aromatic nitrogens is 1. The van der Waals surface area contributed by atoms with Crippen LogP contribution < -0.4 is 12.4 Å². The second-order valence-electron chi connectivity index (χ2n) is 5.08. The number of hydrogen-bond donors (Lipinski definition) is 0. The van der Waals surface area contributed by atoms with Gasteiger partial charge in [-0.2, -0.15) is 0 Å². The molecular formula is C16H14ClF2N2O-. The highest BCUT2D eigenvalue weighted by Gasteiger charge is 2.35. The van der Waals surface area contributed by atoms with E-state index in [0.717, 1.165) is 25.0 Å². The quantitative estimate of drug-likeness (QED) is 0.803. The summed E-state index contributed by atoms with van der Waals surface area (Å²) in [5.41, 5.74) is 0.217. The van der Waals surface area contributed by atoms with Gasteiger partial charge in [0.25, 0.3) is 5.91 Å². The molecule has 0 aliphatic heterocycles. The topological polar surface area (TPSA) is 33.2 Å². The first kappa shape index (κ1) is 16.4. The molecular weight excluding hydrogens is 310 g/mol. The average Bonchev–Trinajstić information content (AvgIpc) is 3.30. The highest BCUT2D eigenvalue weighted by Crippen LogP contribution is 2.30. The number of nitrogens with zero attached hydrogens (tertiary/aromatic N) is 2. The van der Waals surface area contributed by atoms with E-state index in [-0.39, 0.29) is 25.0 Å². The summed E-state index contributed by atoms with van der Waals surface area (Å²) in [4.78, 5) is 18.2. The SMILES string of the molecule is O=C(c1c(F)cccc1F)N(Cc1ccccn1)C1CC1.[Cl-]. The summed E-state index contributed by atoms with van der Waals surface area (Å²) in [5.74, 6) is -2.27. The molecule has 0 saturated heterocycles. The van der Waals surface area contributed by atoms with Crippen molar-refractivity contribution in [3.05, 3.63) is 65.5 Å². The van der Waals surface area contributed by atoms with Crippen LogP contribution in [0.15, 0.2) is 42.6 Å². The van der Waals surface area contributed by atoms with Crippen molar-refractivity contribution in [1.29, 1.82) is 0 Å². The highest BCUT2D eigenvalue weighted by molar-refractivity contribution is 5.95. The van der Waals surface area contributed by atoms with Crippen LogP contribution in [0.2, 0.25) is 0 Å². The number of pyridine rings is 1. The number of carbonyl (C=O) groups is 1. The van der Waals surface area contributed by atoms with Crippen LogP contribution in [-0.4, -0.2) is 21.8 Å². The van der Waals surface area contributed by atoms with E-state index < -0.39 is 23.1 Å². The van der Waals surface area contributed by atoms with Crippen molar-refractivity contribution < 1.29 is 26.0 Å². The summed E-state index contributed by atoms with van der Waals surface area (Å²) >= 11 is 0. The van der Waals surface area contributed by atoms with Crippen LogP contribution in [-0.2, 0) is 6.54 Å². The molecule has 0 bridgehead atoms. The van der Waals surface area contributed by atoms with Crippen molar-refractivity contribution in [2.45, 2.75) is 25.4 Å². The van der Waals surface area contributed by atoms with Crippen LogP contribution in [0.1, 0.15) is 28.9 Å². The standard InChI is InChI=1S/C16H14F2N2O.ClH/c17-13-5-3-6-14(18)15(13)16(21)20(12-7-8-12)10-11-4-1-2-9-19-11;/h1-6,9,12H,7-8,10H2;1H/p-1. The van der Waals surface area contributed by atoms with Crippen molar-refractivity contribution in [2.24, 2.45) is 0 Å². The van der Waals surface area contributed by atoms with Crippen LogP contribution in [0, 0.1) is 11.6 Å². The Kier molecular flexibility index (Phi) is 5.08. The van der Waals surface area contributed by atoms with Crippen LogP contribution in [0.3, 0.4) is 0 Å². The molecule has 1 heterocycles. The van der Waals surface area contributed by atoms with Gasteiger partial charge in [-0.05, 0) is 37.1 Å².